The Hall–Kier alpha value is -1.03. The summed E-state index contributed by atoms with van der Waals surface area (Å²) in [6.45, 7) is 7.72. The van der Waals surface area contributed by atoms with Crippen LogP contribution in [0.5, 0.6) is 0 Å². The quantitative estimate of drug-likeness (QED) is 0.845. The van der Waals surface area contributed by atoms with Crippen LogP contribution in [0.25, 0.3) is 0 Å². The van der Waals surface area contributed by atoms with Gasteiger partial charge < -0.3 is 10.0 Å². The SMILES string of the molecule is C=CC(CO)N1CCN(c2ccc(Cl)cc2)CC1. The zero-order valence-electron chi connectivity index (χ0n) is 10.4. The number of hydrogen-bond acceptors (Lipinski definition) is 3. The van der Waals surface area contributed by atoms with Crippen molar-refractivity contribution in [2.45, 2.75) is 6.04 Å². The van der Waals surface area contributed by atoms with Gasteiger partial charge >= 0.3 is 0 Å². The van der Waals surface area contributed by atoms with Crippen LogP contribution in [0.1, 0.15) is 0 Å². The zero-order chi connectivity index (χ0) is 13.0. The van der Waals surface area contributed by atoms with Crippen LogP contribution in [0.2, 0.25) is 5.02 Å². The number of aliphatic hydroxyl groups is 1. The van der Waals surface area contributed by atoms with E-state index in [9.17, 15) is 5.11 Å². The normalized spacial score (nSPS) is 18.7. The molecule has 3 nitrogen and oxygen atoms in total. The number of rotatable bonds is 4. The molecule has 1 aromatic carbocycles. The molecular formula is C14H19ClN2O. The number of benzene rings is 1. The van der Waals surface area contributed by atoms with Crippen molar-refractivity contribution in [1.29, 1.82) is 0 Å². The van der Waals surface area contributed by atoms with Gasteiger partial charge in [0.2, 0.25) is 0 Å². The maximum Gasteiger partial charge on any atom is 0.0622 e. The molecule has 0 bridgehead atoms. The van der Waals surface area contributed by atoms with Crippen molar-refractivity contribution in [2.24, 2.45) is 0 Å². The Labute approximate surface area is 113 Å². The van der Waals surface area contributed by atoms with E-state index in [1.165, 1.54) is 5.69 Å². The van der Waals surface area contributed by atoms with Crippen molar-refractivity contribution in [3.05, 3.63) is 41.9 Å². The van der Waals surface area contributed by atoms with Crippen LogP contribution >= 0.6 is 11.6 Å². The Balaban J connectivity index is 1.94. The molecule has 4 heteroatoms. The molecule has 18 heavy (non-hydrogen) atoms. The molecule has 1 fully saturated rings. The lowest BCUT2D eigenvalue weighted by atomic mass is 10.2. The lowest BCUT2D eigenvalue weighted by molar-refractivity contribution is 0.145. The largest absolute Gasteiger partial charge is 0.394 e. The van der Waals surface area contributed by atoms with Gasteiger partial charge in [-0.25, -0.2) is 0 Å². The van der Waals surface area contributed by atoms with Gasteiger partial charge in [-0.2, -0.15) is 0 Å². The fraction of sp³-hybridized carbons (Fsp3) is 0.429. The van der Waals surface area contributed by atoms with Gasteiger partial charge in [0.1, 0.15) is 0 Å². The summed E-state index contributed by atoms with van der Waals surface area (Å²) in [5.41, 5.74) is 1.21. The molecule has 98 valence electrons. The minimum Gasteiger partial charge on any atom is -0.394 e. The van der Waals surface area contributed by atoms with Gasteiger partial charge in [-0.15, -0.1) is 6.58 Å². The van der Waals surface area contributed by atoms with Crippen LogP contribution in [-0.2, 0) is 0 Å². The lowest BCUT2D eigenvalue weighted by Gasteiger charge is -2.38. The molecule has 0 spiro atoms. The smallest absolute Gasteiger partial charge is 0.0622 e. The summed E-state index contributed by atoms with van der Waals surface area (Å²) in [4.78, 5) is 4.60. The molecule has 0 aromatic heterocycles. The molecule has 1 aromatic rings. The van der Waals surface area contributed by atoms with Crippen LogP contribution in [0, 0.1) is 0 Å². The Morgan fingerprint density at radius 2 is 1.83 bits per heavy atom. The maximum atomic E-state index is 9.25. The summed E-state index contributed by atoms with van der Waals surface area (Å²) in [6.07, 6.45) is 1.82. The van der Waals surface area contributed by atoms with Gasteiger partial charge in [0.05, 0.1) is 12.6 Å². The fourth-order valence-corrected chi connectivity index (χ4v) is 2.43. The van der Waals surface area contributed by atoms with Gasteiger partial charge in [-0.3, -0.25) is 4.90 Å². The standard InChI is InChI=1S/C14H19ClN2O/c1-2-13(11-18)16-7-9-17(10-8-16)14-5-3-12(15)4-6-14/h2-6,13,18H,1,7-11H2. The van der Waals surface area contributed by atoms with Crippen molar-refractivity contribution in [2.75, 3.05) is 37.7 Å². The van der Waals surface area contributed by atoms with Gasteiger partial charge in [0.25, 0.3) is 0 Å². The first-order chi connectivity index (χ1) is 8.74. The summed E-state index contributed by atoms with van der Waals surface area (Å²) < 4.78 is 0. The van der Waals surface area contributed by atoms with Crippen molar-refractivity contribution in [3.8, 4) is 0 Å². The first kappa shape index (κ1) is 13.4. The van der Waals surface area contributed by atoms with Gasteiger partial charge in [0, 0.05) is 36.9 Å². The molecule has 1 saturated heterocycles. The Morgan fingerprint density at radius 1 is 1.22 bits per heavy atom. The van der Waals surface area contributed by atoms with E-state index in [0.717, 1.165) is 31.2 Å². The van der Waals surface area contributed by atoms with E-state index >= 15 is 0 Å². The first-order valence-corrected chi connectivity index (χ1v) is 6.60. The third-order valence-electron chi connectivity index (χ3n) is 3.43. The van der Waals surface area contributed by atoms with Crippen LogP contribution < -0.4 is 4.90 Å². The first-order valence-electron chi connectivity index (χ1n) is 6.22. The summed E-state index contributed by atoms with van der Waals surface area (Å²) in [5.74, 6) is 0. The second-order valence-corrected chi connectivity index (χ2v) is 4.92. The van der Waals surface area contributed by atoms with Gasteiger partial charge in [-0.1, -0.05) is 17.7 Å². The molecule has 0 aliphatic carbocycles. The molecule has 0 radical (unpaired) electrons. The van der Waals surface area contributed by atoms with Crippen molar-refractivity contribution < 1.29 is 5.11 Å². The van der Waals surface area contributed by atoms with Gasteiger partial charge in [-0.05, 0) is 24.3 Å². The number of halogens is 1. The Kier molecular flexibility index (Phi) is 4.64. The van der Waals surface area contributed by atoms with Crippen LogP contribution in [0.3, 0.4) is 0 Å². The predicted octanol–water partition coefficient (Wildman–Crippen LogP) is 2.01. The molecule has 1 unspecified atom stereocenters. The van der Waals surface area contributed by atoms with Crippen molar-refractivity contribution in [1.82, 2.24) is 4.90 Å². The molecule has 1 aliphatic rings. The second-order valence-electron chi connectivity index (χ2n) is 4.49. The number of nitrogens with zero attached hydrogens (tertiary/aromatic N) is 2. The van der Waals surface area contributed by atoms with E-state index in [0.29, 0.717) is 0 Å². The minimum atomic E-state index is 0.0809. The highest BCUT2D eigenvalue weighted by atomic mass is 35.5. The van der Waals surface area contributed by atoms with Crippen LogP contribution in [0.4, 0.5) is 5.69 Å². The topological polar surface area (TPSA) is 26.7 Å². The van der Waals surface area contributed by atoms with E-state index in [4.69, 9.17) is 11.6 Å². The van der Waals surface area contributed by atoms with E-state index in [-0.39, 0.29) is 12.6 Å². The number of hydrogen-bond donors (Lipinski definition) is 1. The summed E-state index contributed by atoms with van der Waals surface area (Å²) >= 11 is 5.89. The molecular weight excluding hydrogens is 248 g/mol. The van der Waals surface area contributed by atoms with E-state index in [1.807, 2.05) is 18.2 Å². The second kappa shape index (κ2) is 6.23. The molecule has 1 N–H and O–H groups in total. The molecule has 0 saturated carbocycles. The Morgan fingerprint density at radius 3 is 2.33 bits per heavy atom. The average molecular weight is 267 g/mol. The third kappa shape index (κ3) is 3.05. The summed E-state index contributed by atoms with van der Waals surface area (Å²) in [5, 5.41) is 10.0. The van der Waals surface area contributed by atoms with Crippen LogP contribution in [-0.4, -0.2) is 48.8 Å². The van der Waals surface area contributed by atoms with Crippen LogP contribution in [0.15, 0.2) is 36.9 Å². The highest BCUT2D eigenvalue weighted by Gasteiger charge is 2.21. The van der Waals surface area contributed by atoms with E-state index in [2.05, 4.69) is 28.5 Å². The molecule has 1 heterocycles. The number of anilines is 1. The zero-order valence-corrected chi connectivity index (χ0v) is 11.2. The van der Waals surface area contributed by atoms with E-state index in [1.54, 1.807) is 0 Å². The molecule has 2 rings (SSSR count). The number of aliphatic hydroxyl groups excluding tert-OH is 1. The third-order valence-corrected chi connectivity index (χ3v) is 3.69. The monoisotopic (exact) mass is 266 g/mol. The highest BCUT2D eigenvalue weighted by Crippen LogP contribution is 2.20. The lowest BCUT2D eigenvalue weighted by Crippen LogP contribution is -2.50. The average Bonchev–Trinajstić information content (AvgIpc) is 2.42. The molecule has 1 aliphatic heterocycles. The maximum absolute atomic E-state index is 9.25. The fourth-order valence-electron chi connectivity index (χ4n) is 2.30. The minimum absolute atomic E-state index is 0.0809. The van der Waals surface area contributed by atoms with Gasteiger partial charge in [0.15, 0.2) is 0 Å². The predicted molar refractivity (Wildman–Crippen MR) is 76.3 cm³/mol. The number of piperazine rings is 1. The highest BCUT2D eigenvalue weighted by molar-refractivity contribution is 6.30. The van der Waals surface area contributed by atoms with Crippen molar-refractivity contribution >= 4 is 17.3 Å². The Bertz CT molecular complexity index is 385. The van der Waals surface area contributed by atoms with E-state index < -0.39 is 0 Å². The summed E-state index contributed by atoms with van der Waals surface area (Å²) in [7, 11) is 0. The summed E-state index contributed by atoms with van der Waals surface area (Å²) in [6, 6.07) is 8.02. The van der Waals surface area contributed by atoms with Crippen molar-refractivity contribution in [3.63, 3.8) is 0 Å². The molecule has 1 atom stereocenters. The molecule has 0 amide bonds.